The van der Waals surface area contributed by atoms with Gasteiger partial charge in [0.05, 0.1) is 12.3 Å². The number of carbonyl (C=O) groups is 1. The van der Waals surface area contributed by atoms with E-state index >= 15 is 0 Å². The van der Waals surface area contributed by atoms with Gasteiger partial charge in [-0.15, -0.1) is 27.1 Å². The number of aromatic nitrogens is 4. The predicted octanol–water partition coefficient (Wildman–Crippen LogP) is 3.36. The fraction of sp³-hybridized carbons (Fsp3) is 0.182. The molecule has 0 radical (unpaired) electrons. The van der Waals surface area contributed by atoms with Gasteiger partial charge in [0.25, 0.3) is 0 Å². The van der Waals surface area contributed by atoms with Crippen LogP contribution in [-0.4, -0.2) is 44.6 Å². The van der Waals surface area contributed by atoms with E-state index in [1.165, 1.54) is 17.7 Å². The van der Waals surface area contributed by atoms with Gasteiger partial charge in [-0.25, -0.2) is 4.39 Å². The molecule has 4 aromatic rings. The molecule has 0 spiro atoms. The fourth-order valence-corrected chi connectivity index (χ4v) is 3.68. The maximum atomic E-state index is 13.2. The van der Waals surface area contributed by atoms with Gasteiger partial charge in [0.2, 0.25) is 11.8 Å². The van der Waals surface area contributed by atoms with Crippen LogP contribution in [0.25, 0.3) is 17.0 Å². The number of rotatable bonds is 9. The number of amides is 1. The highest BCUT2D eigenvalue weighted by Gasteiger charge is 2.11. The number of fused-ring (bicyclic) bond motifs is 1. The Morgan fingerprint density at radius 3 is 2.65 bits per heavy atom. The average molecular weight is 438 g/mol. The zero-order chi connectivity index (χ0) is 21.5. The first kappa shape index (κ1) is 20.8. The molecular weight excluding hydrogens is 417 g/mol. The molecule has 0 saturated heterocycles. The summed E-state index contributed by atoms with van der Waals surface area (Å²) in [5.41, 5.74) is 2.44. The monoisotopic (exact) mass is 437 g/mol. The van der Waals surface area contributed by atoms with E-state index in [0.29, 0.717) is 35.2 Å². The van der Waals surface area contributed by atoms with Gasteiger partial charge < -0.3 is 10.1 Å². The van der Waals surface area contributed by atoms with Crippen molar-refractivity contribution >= 4 is 23.3 Å². The summed E-state index contributed by atoms with van der Waals surface area (Å²) in [6.07, 6.45) is 0. The lowest BCUT2D eigenvalue weighted by Gasteiger charge is -2.08. The van der Waals surface area contributed by atoms with Crippen molar-refractivity contribution in [3.05, 3.63) is 78.1 Å². The Morgan fingerprint density at radius 1 is 1.03 bits per heavy atom. The molecule has 0 fully saturated rings. The molecule has 1 N–H and O–H groups in total. The van der Waals surface area contributed by atoms with Crippen LogP contribution in [0, 0.1) is 5.82 Å². The summed E-state index contributed by atoms with van der Waals surface area (Å²) in [4.78, 5) is 12.0. The van der Waals surface area contributed by atoms with Gasteiger partial charge in [-0.1, -0.05) is 30.3 Å². The fourth-order valence-electron chi connectivity index (χ4n) is 2.86. The van der Waals surface area contributed by atoms with Crippen molar-refractivity contribution in [3.63, 3.8) is 0 Å². The first-order valence-corrected chi connectivity index (χ1v) is 10.8. The van der Waals surface area contributed by atoms with E-state index < -0.39 is 0 Å². The lowest BCUT2D eigenvalue weighted by atomic mass is 10.2. The number of hydrogen-bond acceptors (Lipinski definition) is 6. The second-order valence-corrected chi connectivity index (χ2v) is 7.63. The molecule has 4 rings (SSSR count). The smallest absolute Gasteiger partial charge is 0.231 e. The summed E-state index contributed by atoms with van der Waals surface area (Å²) in [5, 5.41) is 15.4. The maximum absolute atomic E-state index is 13.2. The first-order chi connectivity index (χ1) is 15.2. The summed E-state index contributed by atoms with van der Waals surface area (Å²) in [6, 6.07) is 19.4. The highest BCUT2D eigenvalue weighted by atomic mass is 32.2. The molecule has 0 unspecified atom stereocenters. The van der Waals surface area contributed by atoms with Crippen LogP contribution in [0.4, 0.5) is 4.39 Å². The van der Waals surface area contributed by atoms with E-state index in [9.17, 15) is 9.18 Å². The number of nitrogens with zero attached hydrogens (tertiary/aromatic N) is 4. The number of nitrogens with one attached hydrogen (secondary N) is 1. The summed E-state index contributed by atoms with van der Waals surface area (Å²) >= 11 is 1.57. The molecule has 0 saturated carbocycles. The minimum atomic E-state index is -0.324. The molecule has 2 aromatic heterocycles. The third-order valence-electron chi connectivity index (χ3n) is 4.36. The van der Waals surface area contributed by atoms with Crippen LogP contribution < -0.4 is 10.1 Å². The molecule has 0 atom stereocenters. The van der Waals surface area contributed by atoms with Crippen LogP contribution in [-0.2, 0) is 10.5 Å². The van der Waals surface area contributed by atoms with Crippen molar-refractivity contribution in [2.75, 3.05) is 18.9 Å². The van der Waals surface area contributed by atoms with E-state index in [1.54, 1.807) is 40.5 Å². The largest absolute Gasteiger partial charge is 0.475 e. The second kappa shape index (κ2) is 10.0. The molecule has 158 valence electrons. The Kier molecular flexibility index (Phi) is 6.73. The Labute approximate surface area is 182 Å². The molecule has 1 amide bonds. The summed E-state index contributed by atoms with van der Waals surface area (Å²) in [6.45, 7) is 0.652. The van der Waals surface area contributed by atoms with Crippen LogP contribution in [0.1, 0.15) is 5.56 Å². The highest BCUT2D eigenvalue weighted by molar-refractivity contribution is 7.99. The molecule has 2 heterocycles. The molecule has 2 aromatic carbocycles. The Hall–Kier alpha value is -3.46. The predicted molar refractivity (Wildman–Crippen MR) is 117 cm³/mol. The molecule has 0 aliphatic carbocycles. The van der Waals surface area contributed by atoms with Gasteiger partial charge in [-0.3, -0.25) is 4.79 Å². The van der Waals surface area contributed by atoms with E-state index in [1.807, 2.05) is 30.3 Å². The lowest BCUT2D eigenvalue weighted by Crippen LogP contribution is -2.29. The number of halogens is 1. The number of ether oxygens (including phenoxy) is 1. The highest BCUT2D eigenvalue weighted by Crippen LogP contribution is 2.19. The van der Waals surface area contributed by atoms with Crippen LogP contribution in [0.15, 0.2) is 66.7 Å². The number of thioether (sulfide) groups is 1. The van der Waals surface area contributed by atoms with Gasteiger partial charge in [-0.05, 0) is 35.9 Å². The SMILES string of the molecule is O=C(CSCc1ccccc1)NCCOc1ccc2nnc(-c3ccc(F)cc3)n2n1. The number of hydrogen-bond donors (Lipinski definition) is 1. The van der Waals surface area contributed by atoms with E-state index in [0.717, 1.165) is 5.75 Å². The molecule has 7 nitrogen and oxygen atoms in total. The van der Waals surface area contributed by atoms with Gasteiger partial charge >= 0.3 is 0 Å². The number of carbonyl (C=O) groups excluding carboxylic acids is 1. The van der Waals surface area contributed by atoms with Crippen molar-refractivity contribution in [2.24, 2.45) is 0 Å². The zero-order valence-electron chi connectivity index (χ0n) is 16.6. The number of benzene rings is 2. The standard InChI is InChI=1S/C22H20FN5O2S/c23-18-8-6-17(7-9-18)22-26-25-19-10-11-21(27-28(19)22)30-13-12-24-20(29)15-31-14-16-4-2-1-3-5-16/h1-11H,12-15H2,(H,24,29). The second-order valence-electron chi connectivity index (χ2n) is 6.65. The van der Waals surface area contributed by atoms with Gasteiger partial charge in [-0.2, -0.15) is 4.52 Å². The molecule has 9 heteroatoms. The minimum Gasteiger partial charge on any atom is -0.475 e. The third kappa shape index (κ3) is 5.58. The van der Waals surface area contributed by atoms with E-state index in [2.05, 4.69) is 20.6 Å². The zero-order valence-corrected chi connectivity index (χ0v) is 17.4. The minimum absolute atomic E-state index is 0.0367. The van der Waals surface area contributed by atoms with Crippen LogP contribution in [0.5, 0.6) is 5.88 Å². The van der Waals surface area contributed by atoms with Crippen molar-refractivity contribution in [3.8, 4) is 17.3 Å². The Bertz CT molecular complexity index is 1150. The molecular formula is C22H20FN5O2S. The van der Waals surface area contributed by atoms with E-state index in [4.69, 9.17) is 4.74 Å². The van der Waals surface area contributed by atoms with Gasteiger partial charge in [0.15, 0.2) is 11.5 Å². The van der Waals surface area contributed by atoms with Crippen LogP contribution in [0.3, 0.4) is 0 Å². The lowest BCUT2D eigenvalue weighted by molar-refractivity contribution is -0.118. The Balaban J connectivity index is 1.26. The molecule has 0 aliphatic rings. The third-order valence-corrected chi connectivity index (χ3v) is 5.36. The van der Waals surface area contributed by atoms with Gasteiger partial charge in [0.1, 0.15) is 12.4 Å². The summed E-state index contributed by atoms with van der Waals surface area (Å²) < 4.78 is 20.4. The maximum Gasteiger partial charge on any atom is 0.231 e. The average Bonchev–Trinajstić information content (AvgIpc) is 3.21. The van der Waals surface area contributed by atoms with Crippen LogP contribution >= 0.6 is 11.8 Å². The quantitative estimate of drug-likeness (QED) is 0.405. The van der Waals surface area contributed by atoms with Crippen molar-refractivity contribution in [1.82, 2.24) is 25.1 Å². The van der Waals surface area contributed by atoms with Crippen molar-refractivity contribution in [1.29, 1.82) is 0 Å². The van der Waals surface area contributed by atoms with Gasteiger partial charge in [0, 0.05) is 17.4 Å². The first-order valence-electron chi connectivity index (χ1n) is 9.68. The molecule has 31 heavy (non-hydrogen) atoms. The summed E-state index contributed by atoms with van der Waals surface area (Å²) in [7, 11) is 0. The molecule has 0 bridgehead atoms. The molecule has 0 aliphatic heterocycles. The summed E-state index contributed by atoms with van der Waals surface area (Å²) in [5.74, 6) is 1.69. The van der Waals surface area contributed by atoms with Crippen molar-refractivity contribution in [2.45, 2.75) is 5.75 Å². The topological polar surface area (TPSA) is 81.4 Å². The van der Waals surface area contributed by atoms with Crippen LogP contribution in [0.2, 0.25) is 0 Å². The normalized spacial score (nSPS) is 10.9. The van der Waals surface area contributed by atoms with E-state index in [-0.39, 0.29) is 18.3 Å². The Morgan fingerprint density at radius 2 is 1.84 bits per heavy atom. The van der Waals surface area contributed by atoms with Crippen molar-refractivity contribution < 1.29 is 13.9 Å².